The maximum absolute atomic E-state index is 12.4. The van der Waals surface area contributed by atoms with E-state index in [1.807, 2.05) is 42.5 Å². The lowest BCUT2D eigenvalue weighted by atomic mass is 10.2. The number of hydrogen-bond acceptors (Lipinski definition) is 4. The van der Waals surface area contributed by atoms with Gasteiger partial charge >= 0.3 is 0 Å². The standard InChI is InChI=1S/C18H14N4O2S/c23-17-11-25-16-7-6-13(8-15(16)21-17)20-18(24)12-9-19-22(10-12)14-4-2-1-3-5-14/h1-10H,11H2,(H,20,24)(H,21,23). The monoisotopic (exact) mass is 350 g/mol. The molecule has 1 aliphatic rings. The van der Waals surface area contributed by atoms with E-state index < -0.39 is 0 Å². The van der Waals surface area contributed by atoms with Crippen LogP contribution < -0.4 is 10.6 Å². The predicted octanol–water partition coefficient (Wildman–Crippen LogP) is 3.17. The van der Waals surface area contributed by atoms with Crippen molar-refractivity contribution >= 4 is 35.0 Å². The van der Waals surface area contributed by atoms with Crippen molar-refractivity contribution in [2.45, 2.75) is 4.90 Å². The third kappa shape index (κ3) is 3.27. The summed E-state index contributed by atoms with van der Waals surface area (Å²) in [4.78, 5) is 24.9. The summed E-state index contributed by atoms with van der Waals surface area (Å²) < 4.78 is 1.65. The van der Waals surface area contributed by atoms with Crippen LogP contribution in [0.15, 0.2) is 65.8 Å². The molecule has 3 aromatic rings. The molecule has 0 saturated carbocycles. The summed E-state index contributed by atoms with van der Waals surface area (Å²) in [6, 6.07) is 15.1. The van der Waals surface area contributed by atoms with Gasteiger partial charge in [0.2, 0.25) is 5.91 Å². The van der Waals surface area contributed by atoms with Crippen LogP contribution in [0.3, 0.4) is 0 Å². The Kier molecular flexibility index (Phi) is 3.99. The molecule has 1 aliphatic heterocycles. The number of benzene rings is 2. The second-order valence-electron chi connectivity index (χ2n) is 5.51. The Morgan fingerprint density at radius 3 is 2.88 bits per heavy atom. The van der Waals surface area contributed by atoms with E-state index in [0.717, 1.165) is 16.3 Å². The third-order valence-corrected chi connectivity index (χ3v) is 4.81. The average molecular weight is 350 g/mol. The van der Waals surface area contributed by atoms with Crippen molar-refractivity contribution in [1.29, 1.82) is 0 Å². The molecule has 2 N–H and O–H groups in total. The molecule has 4 rings (SSSR count). The number of nitrogens with one attached hydrogen (secondary N) is 2. The average Bonchev–Trinajstić information content (AvgIpc) is 3.12. The zero-order chi connectivity index (χ0) is 17.2. The van der Waals surface area contributed by atoms with Crippen LogP contribution in [0.1, 0.15) is 10.4 Å². The number of carbonyl (C=O) groups excluding carboxylic acids is 2. The zero-order valence-corrected chi connectivity index (χ0v) is 13.9. The summed E-state index contributed by atoms with van der Waals surface area (Å²) in [5.41, 5.74) is 2.69. The number of fused-ring (bicyclic) bond motifs is 1. The minimum Gasteiger partial charge on any atom is -0.324 e. The van der Waals surface area contributed by atoms with E-state index in [2.05, 4.69) is 15.7 Å². The summed E-state index contributed by atoms with van der Waals surface area (Å²) in [6.45, 7) is 0. The SMILES string of the molecule is O=C1CSc2ccc(NC(=O)c3cnn(-c4ccccc4)c3)cc2N1. The highest BCUT2D eigenvalue weighted by Crippen LogP contribution is 2.33. The van der Waals surface area contributed by atoms with Gasteiger partial charge in [0.05, 0.1) is 28.9 Å². The highest BCUT2D eigenvalue weighted by Gasteiger charge is 2.16. The van der Waals surface area contributed by atoms with E-state index in [1.54, 1.807) is 16.9 Å². The first-order valence-electron chi connectivity index (χ1n) is 7.67. The van der Waals surface area contributed by atoms with Gasteiger partial charge < -0.3 is 10.6 Å². The molecule has 0 aliphatic carbocycles. The molecule has 0 unspecified atom stereocenters. The van der Waals surface area contributed by atoms with Crippen LogP contribution in [0, 0.1) is 0 Å². The van der Waals surface area contributed by atoms with E-state index in [1.165, 1.54) is 18.0 Å². The second-order valence-corrected chi connectivity index (χ2v) is 6.53. The van der Waals surface area contributed by atoms with Crippen LogP contribution >= 0.6 is 11.8 Å². The number of aromatic nitrogens is 2. The molecule has 2 heterocycles. The number of para-hydroxylation sites is 1. The molecule has 25 heavy (non-hydrogen) atoms. The first kappa shape index (κ1) is 15.5. The lowest BCUT2D eigenvalue weighted by molar-refractivity contribution is -0.113. The van der Waals surface area contributed by atoms with E-state index >= 15 is 0 Å². The van der Waals surface area contributed by atoms with Gasteiger partial charge in [0.25, 0.3) is 5.91 Å². The fourth-order valence-corrected chi connectivity index (χ4v) is 3.31. The van der Waals surface area contributed by atoms with Gasteiger partial charge in [0, 0.05) is 16.8 Å². The molecule has 0 spiro atoms. The van der Waals surface area contributed by atoms with E-state index in [4.69, 9.17) is 0 Å². The van der Waals surface area contributed by atoms with Crippen LogP contribution in [0.5, 0.6) is 0 Å². The summed E-state index contributed by atoms with van der Waals surface area (Å²) in [7, 11) is 0. The molecule has 0 atom stereocenters. The van der Waals surface area contributed by atoms with Gasteiger partial charge in [-0.25, -0.2) is 4.68 Å². The summed E-state index contributed by atoms with van der Waals surface area (Å²) >= 11 is 1.48. The minimum absolute atomic E-state index is 0.0369. The maximum atomic E-state index is 12.4. The first-order valence-corrected chi connectivity index (χ1v) is 8.66. The van der Waals surface area contributed by atoms with Crippen LogP contribution in [0.2, 0.25) is 0 Å². The molecule has 2 amide bonds. The number of thioether (sulfide) groups is 1. The summed E-state index contributed by atoms with van der Waals surface area (Å²) in [6.07, 6.45) is 3.21. The summed E-state index contributed by atoms with van der Waals surface area (Å²) in [5, 5.41) is 9.87. The fourth-order valence-electron chi connectivity index (χ4n) is 2.53. The topological polar surface area (TPSA) is 76.0 Å². The van der Waals surface area contributed by atoms with Crippen molar-refractivity contribution in [1.82, 2.24) is 9.78 Å². The number of hydrogen-bond donors (Lipinski definition) is 2. The minimum atomic E-state index is -0.253. The second kappa shape index (κ2) is 6.45. The molecular formula is C18H14N4O2S. The number of rotatable bonds is 3. The Morgan fingerprint density at radius 2 is 2.04 bits per heavy atom. The normalized spacial score (nSPS) is 13.0. The van der Waals surface area contributed by atoms with Gasteiger partial charge in [-0.2, -0.15) is 5.10 Å². The molecule has 6 nitrogen and oxygen atoms in total. The molecular weight excluding hydrogens is 336 g/mol. The molecule has 1 aromatic heterocycles. The number of amides is 2. The third-order valence-electron chi connectivity index (χ3n) is 3.74. The molecule has 0 saturated heterocycles. The molecule has 7 heteroatoms. The molecule has 0 bridgehead atoms. The number of nitrogens with zero attached hydrogens (tertiary/aromatic N) is 2. The van der Waals surface area contributed by atoms with Gasteiger partial charge in [-0.1, -0.05) is 18.2 Å². The highest BCUT2D eigenvalue weighted by atomic mass is 32.2. The van der Waals surface area contributed by atoms with Crippen molar-refractivity contribution in [2.75, 3.05) is 16.4 Å². The Labute approximate surface area is 148 Å². The van der Waals surface area contributed by atoms with Crippen LogP contribution in [-0.2, 0) is 4.79 Å². The van der Waals surface area contributed by atoms with Crippen molar-refractivity contribution in [3.8, 4) is 5.69 Å². The Balaban J connectivity index is 1.52. The molecule has 2 aromatic carbocycles. The van der Waals surface area contributed by atoms with Gasteiger partial charge in [0.15, 0.2) is 0 Å². The van der Waals surface area contributed by atoms with Crippen LogP contribution in [0.4, 0.5) is 11.4 Å². The van der Waals surface area contributed by atoms with Crippen molar-refractivity contribution in [3.05, 3.63) is 66.5 Å². The molecule has 0 fully saturated rings. The van der Waals surface area contributed by atoms with Gasteiger partial charge in [-0.3, -0.25) is 9.59 Å². The number of anilines is 2. The smallest absolute Gasteiger partial charge is 0.258 e. The van der Waals surface area contributed by atoms with Gasteiger partial charge in [-0.05, 0) is 30.3 Å². The van der Waals surface area contributed by atoms with E-state index in [0.29, 0.717) is 17.0 Å². The van der Waals surface area contributed by atoms with Crippen molar-refractivity contribution < 1.29 is 9.59 Å². The van der Waals surface area contributed by atoms with Crippen LogP contribution in [0.25, 0.3) is 5.69 Å². The van der Waals surface area contributed by atoms with Gasteiger partial charge in [-0.15, -0.1) is 11.8 Å². The lowest BCUT2D eigenvalue weighted by Crippen LogP contribution is -2.19. The van der Waals surface area contributed by atoms with E-state index in [9.17, 15) is 9.59 Å². The largest absolute Gasteiger partial charge is 0.324 e. The predicted molar refractivity (Wildman–Crippen MR) is 97.3 cm³/mol. The Hall–Kier alpha value is -3.06. The Morgan fingerprint density at radius 1 is 1.20 bits per heavy atom. The number of carbonyl (C=O) groups is 2. The maximum Gasteiger partial charge on any atom is 0.258 e. The quantitative estimate of drug-likeness (QED) is 0.761. The zero-order valence-electron chi connectivity index (χ0n) is 13.1. The van der Waals surface area contributed by atoms with Gasteiger partial charge in [0.1, 0.15) is 0 Å². The van der Waals surface area contributed by atoms with Crippen molar-refractivity contribution in [3.63, 3.8) is 0 Å². The highest BCUT2D eigenvalue weighted by molar-refractivity contribution is 8.00. The Bertz CT molecular complexity index is 953. The van der Waals surface area contributed by atoms with Crippen LogP contribution in [-0.4, -0.2) is 27.3 Å². The first-order chi connectivity index (χ1) is 12.2. The molecule has 0 radical (unpaired) electrons. The summed E-state index contributed by atoms with van der Waals surface area (Å²) in [5.74, 6) is 0.124. The fraction of sp³-hybridized carbons (Fsp3) is 0.0556. The van der Waals surface area contributed by atoms with E-state index in [-0.39, 0.29) is 11.8 Å². The lowest BCUT2D eigenvalue weighted by Gasteiger charge is -2.17. The van der Waals surface area contributed by atoms with Crippen molar-refractivity contribution in [2.24, 2.45) is 0 Å². The molecule has 124 valence electrons.